The van der Waals surface area contributed by atoms with Crippen LogP contribution in [-0.4, -0.2) is 64.5 Å². The van der Waals surface area contributed by atoms with E-state index in [1.54, 1.807) is 4.90 Å². The lowest BCUT2D eigenvalue weighted by molar-refractivity contribution is -0.138. The summed E-state index contributed by atoms with van der Waals surface area (Å²) in [7, 11) is 0. The molecule has 2 aromatic rings. The molecular formula is C21H18F4N6O3. The Morgan fingerprint density at radius 1 is 1.12 bits per heavy atom. The van der Waals surface area contributed by atoms with Crippen molar-refractivity contribution in [3.8, 4) is 0 Å². The first kappa shape index (κ1) is 22.0. The maximum absolute atomic E-state index is 13.7. The summed E-state index contributed by atoms with van der Waals surface area (Å²) in [6.45, 7) is -0.180. The van der Waals surface area contributed by atoms with Crippen molar-refractivity contribution in [2.24, 2.45) is 0 Å². The van der Waals surface area contributed by atoms with Gasteiger partial charge in [0, 0.05) is 19.1 Å². The quantitative estimate of drug-likeness (QED) is 0.652. The van der Waals surface area contributed by atoms with Crippen LogP contribution in [0.3, 0.4) is 0 Å². The van der Waals surface area contributed by atoms with Crippen LogP contribution in [-0.2, 0) is 11.0 Å². The number of nitrogens with zero attached hydrogens (tertiary/aromatic N) is 4. The van der Waals surface area contributed by atoms with E-state index < -0.39 is 46.9 Å². The molecule has 1 aromatic carbocycles. The van der Waals surface area contributed by atoms with E-state index in [0.717, 1.165) is 17.7 Å². The molecule has 2 aliphatic heterocycles. The first-order chi connectivity index (χ1) is 16.1. The van der Waals surface area contributed by atoms with Crippen LogP contribution in [0.4, 0.5) is 29.1 Å². The largest absolute Gasteiger partial charge is 0.417 e. The zero-order valence-electron chi connectivity index (χ0n) is 17.5. The van der Waals surface area contributed by atoms with Gasteiger partial charge in [-0.3, -0.25) is 14.4 Å². The van der Waals surface area contributed by atoms with Gasteiger partial charge >= 0.3 is 6.18 Å². The summed E-state index contributed by atoms with van der Waals surface area (Å²) >= 11 is 0. The highest BCUT2D eigenvalue weighted by Crippen LogP contribution is 2.35. The molecule has 178 valence electrons. The number of hydrogen-bond donors (Lipinski definition) is 2. The van der Waals surface area contributed by atoms with Gasteiger partial charge in [0.1, 0.15) is 11.9 Å². The third-order valence-electron chi connectivity index (χ3n) is 5.94. The van der Waals surface area contributed by atoms with Gasteiger partial charge in [0.05, 0.1) is 23.4 Å². The molecule has 3 aliphatic rings. The van der Waals surface area contributed by atoms with Crippen molar-refractivity contribution in [2.45, 2.75) is 31.1 Å². The first-order valence-corrected chi connectivity index (χ1v) is 10.5. The molecule has 1 unspecified atom stereocenters. The highest BCUT2D eigenvalue weighted by molar-refractivity contribution is 6.05. The zero-order valence-corrected chi connectivity index (χ0v) is 17.5. The van der Waals surface area contributed by atoms with Gasteiger partial charge in [0.2, 0.25) is 5.91 Å². The molecule has 0 spiro atoms. The number of piperazine rings is 1. The van der Waals surface area contributed by atoms with E-state index in [-0.39, 0.29) is 37.1 Å². The van der Waals surface area contributed by atoms with Crippen molar-refractivity contribution >= 4 is 29.2 Å². The van der Waals surface area contributed by atoms with Crippen LogP contribution in [0.15, 0.2) is 24.3 Å². The minimum Gasteiger partial charge on any atom is -0.348 e. The number of amides is 3. The summed E-state index contributed by atoms with van der Waals surface area (Å²) in [6, 6.07) is 2.30. The predicted molar refractivity (Wildman–Crippen MR) is 110 cm³/mol. The van der Waals surface area contributed by atoms with Gasteiger partial charge in [-0.15, -0.1) is 10.2 Å². The summed E-state index contributed by atoms with van der Waals surface area (Å²) in [5.41, 5.74) is -1.74. The van der Waals surface area contributed by atoms with Crippen LogP contribution in [0.1, 0.15) is 39.3 Å². The number of aromatic nitrogens is 2. The van der Waals surface area contributed by atoms with Crippen molar-refractivity contribution in [2.75, 3.05) is 29.9 Å². The Hall–Kier alpha value is -3.77. The molecule has 2 fully saturated rings. The number of nitrogens with one attached hydrogen (secondary N) is 2. The number of hydrogen-bond acceptors (Lipinski definition) is 6. The second kappa shape index (κ2) is 7.92. The van der Waals surface area contributed by atoms with Gasteiger partial charge in [0.15, 0.2) is 11.5 Å². The second-order valence-electron chi connectivity index (χ2n) is 8.35. The molecule has 1 aromatic heterocycles. The fourth-order valence-electron chi connectivity index (χ4n) is 4.06. The van der Waals surface area contributed by atoms with Crippen molar-refractivity contribution < 1.29 is 31.9 Å². The third kappa shape index (κ3) is 4.01. The second-order valence-corrected chi connectivity index (χ2v) is 8.35. The zero-order chi connectivity index (χ0) is 24.2. The van der Waals surface area contributed by atoms with E-state index in [2.05, 4.69) is 20.8 Å². The summed E-state index contributed by atoms with van der Waals surface area (Å²) in [5.74, 6) is -2.62. The standard InChI is InChI=1S/C21H18F4N6O3/c22-10-1-4-13(21(23,24)25)12(7-10)20(34)30-5-6-31-16(9-30)19(33)27-14-8-15(28-29-17(14)31)18(32)26-11-2-3-11/h1,4,7-8,11,16H,2-3,5-6,9H2,(H,26,32)(H,27,33). The number of halogens is 4. The van der Waals surface area contributed by atoms with Gasteiger partial charge in [-0.2, -0.15) is 13.2 Å². The van der Waals surface area contributed by atoms with E-state index in [4.69, 9.17) is 0 Å². The number of alkyl halides is 3. The van der Waals surface area contributed by atoms with Crippen LogP contribution in [0.25, 0.3) is 0 Å². The summed E-state index contributed by atoms with van der Waals surface area (Å²) in [5, 5.41) is 13.4. The fourth-order valence-corrected chi connectivity index (χ4v) is 4.06. The van der Waals surface area contributed by atoms with Crippen LogP contribution >= 0.6 is 0 Å². The smallest absolute Gasteiger partial charge is 0.348 e. The third-order valence-corrected chi connectivity index (χ3v) is 5.94. The fraction of sp³-hybridized carbons (Fsp3) is 0.381. The van der Waals surface area contributed by atoms with E-state index in [1.165, 1.54) is 6.07 Å². The molecule has 13 heteroatoms. The molecule has 34 heavy (non-hydrogen) atoms. The number of carbonyl (C=O) groups is 3. The SMILES string of the molecule is O=C(NC1CC1)c1cc2c(nn1)N1CCN(C(=O)c3cc(F)ccc3C(F)(F)F)CC1C(=O)N2. The molecule has 1 aliphatic carbocycles. The lowest BCUT2D eigenvalue weighted by Gasteiger charge is -2.44. The molecule has 0 bridgehead atoms. The maximum Gasteiger partial charge on any atom is 0.417 e. The van der Waals surface area contributed by atoms with E-state index in [0.29, 0.717) is 24.0 Å². The lowest BCUT2D eigenvalue weighted by atomic mass is 10.0. The van der Waals surface area contributed by atoms with E-state index >= 15 is 0 Å². The normalized spacial score (nSPS) is 19.8. The average molecular weight is 478 g/mol. The number of carbonyl (C=O) groups excluding carboxylic acids is 3. The van der Waals surface area contributed by atoms with Crippen molar-refractivity contribution in [1.82, 2.24) is 20.4 Å². The molecule has 2 N–H and O–H groups in total. The molecule has 1 atom stereocenters. The highest BCUT2D eigenvalue weighted by Gasteiger charge is 2.42. The molecule has 1 saturated carbocycles. The maximum atomic E-state index is 13.7. The Kier molecular flexibility index (Phi) is 5.14. The minimum absolute atomic E-state index is 0.0263. The minimum atomic E-state index is -4.85. The number of fused-ring (bicyclic) bond motifs is 3. The highest BCUT2D eigenvalue weighted by atomic mass is 19.4. The topological polar surface area (TPSA) is 108 Å². The van der Waals surface area contributed by atoms with Gasteiger partial charge in [-0.25, -0.2) is 4.39 Å². The van der Waals surface area contributed by atoms with Gasteiger partial charge < -0.3 is 20.4 Å². The average Bonchev–Trinajstić information content (AvgIpc) is 3.61. The first-order valence-electron chi connectivity index (χ1n) is 10.5. The van der Waals surface area contributed by atoms with Crippen LogP contribution in [0.2, 0.25) is 0 Å². The molecule has 3 heterocycles. The van der Waals surface area contributed by atoms with Gasteiger partial charge in [-0.1, -0.05) is 0 Å². The Labute approximate surface area is 190 Å². The lowest BCUT2D eigenvalue weighted by Crippen LogP contribution is -2.61. The van der Waals surface area contributed by atoms with E-state index in [9.17, 15) is 31.9 Å². The number of rotatable bonds is 3. The molecule has 0 radical (unpaired) electrons. The molecule has 1 saturated heterocycles. The van der Waals surface area contributed by atoms with Crippen LogP contribution in [0.5, 0.6) is 0 Å². The van der Waals surface area contributed by atoms with Crippen LogP contribution in [0, 0.1) is 5.82 Å². The van der Waals surface area contributed by atoms with Crippen LogP contribution < -0.4 is 15.5 Å². The molecule has 9 nitrogen and oxygen atoms in total. The number of benzene rings is 1. The molecular weight excluding hydrogens is 460 g/mol. The summed E-state index contributed by atoms with van der Waals surface area (Å²) in [4.78, 5) is 40.6. The van der Waals surface area contributed by atoms with E-state index in [1.807, 2.05) is 0 Å². The van der Waals surface area contributed by atoms with Gasteiger partial charge in [0.25, 0.3) is 11.8 Å². The van der Waals surface area contributed by atoms with Crippen molar-refractivity contribution in [3.05, 3.63) is 46.9 Å². The van der Waals surface area contributed by atoms with Gasteiger partial charge in [-0.05, 0) is 37.1 Å². The Bertz CT molecular complexity index is 1200. The summed E-state index contributed by atoms with van der Waals surface area (Å²) < 4.78 is 53.7. The molecule has 3 amide bonds. The summed E-state index contributed by atoms with van der Waals surface area (Å²) in [6.07, 6.45) is -3.06. The molecule has 5 rings (SSSR count). The van der Waals surface area contributed by atoms with Crippen molar-refractivity contribution in [1.29, 1.82) is 0 Å². The monoisotopic (exact) mass is 478 g/mol. The Morgan fingerprint density at radius 2 is 1.88 bits per heavy atom. The number of anilines is 2. The predicted octanol–water partition coefficient (Wildman–Crippen LogP) is 1.81. The Morgan fingerprint density at radius 3 is 2.59 bits per heavy atom. The Balaban J connectivity index is 1.37. The van der Waals surface area contributed by atoms with Crippen molar-refractivity contribution in [3.63, 3.8) is 0 Å².